The highest BCUT2D eigenvalue weighted by molar-refractivity contribution is 6.27. The first-order valence-electron chi connectivity index (χ1n) is 15.8. The van der Waals surface area contributed by atoms with Crippen molar-refractivity contribution in [1.82, 2.24) is 0 Å². The number of hydrogen-bond acceptors (Lipinski definition) is 0. The van der Waals surface area contributed by atoms with E-state index in [0.29, 0.717) is 0 Å². The van der Waals surface area contributed by atoms with Crippen LogP contribution < -0.4 is 0 Å². The highest BCUT2D eigenvalue weighted by Crippen LogP contribution is 2.45. The smallest absolute Gasteiger partial charge is 0.000729 e. The van der Waals surface area contributed by atoms with Crippen LogP contribution in [-0.4, -0.2) is 0 Å². The Bertz CT molecular complexity index is 2620. The molecular formula is C45H28. The van der Waals surface area contributed by atoms with Gasteiger partial charge in [0.2, 0.25) is 0 Å². The molecule has 0 heteroatoms. The third kappa shape index (κ3) is 3.66. The Morgan fingerprint density at radius 3 is 1.64 bits per heavy atom. The molecule has 9 aromatic carbocycles. The minimum atomic E-state index is 0.990. The summed E-state index contributed by atoms with van der Waals surface area (Å²) in [5, 5.41) is 10.5. The van der Waals surface area contributed by atoms with Crippen molar-refractivity contribution in [3.63, 3.8) is 0 Å². The predicted octanol–water partition coefficient (Wildman–Crippen LogP) is 12.3. The third-order valence-electron chi connectivity index (χ3n) is 10.1. The van der Waals surface area contributed by atoms with E-state index in [4.69, 9.17) is 0 Å². The van der Waals surface area contributed by atoms with Crippen LogP contribution in [-0.2, 0) is 6.42 Å². The van der Waals surface area contributed by atoms with E-state index >= 15 is 0 Å². The average molecular weight is 569 g/mol. The largest absolute Gasteiger partial charge is 0.0619 e. The molecule has 0 atom stereocenters. The van der Waals surface area contributed by atoms with Gasteiger partial charge in [-0.25, -0.2) is 0 Å². The van der Waals surface area contributed by atoms with Gasteiger partial charge in [-0.2, -0.15) is 0 Å². The average Bonchev–Trinajstić information content (AvgIpc) is 3.49. The van der Waals surface area contributed by atoms with E-state index in [-0.39, 0.29) is 0 Å². The molecule has 0 saturated heterocycles. The molecule has 0 radical (unpaired) electrons. The van der Waals surface area contributed by atoms with Crippen molar-refractivity contribution < 1.29 is 0 Å². The summed E-state index contributed by atoms with van der Waals surface area (Å²) in [5.41, 5.74) is 13.3. The summed E-state index contributed by atoms with van der Waals surface area (Å²) in [6.45, 7) is 0. The van der Waals surface area contributed by atoms with Crippen molar-refractivity contribution >= 4 is 43.1 Å². The lowest BCUT2D eigenvalue weighted by Gasteiger charge is -2.17. The minimum absolute atomic E-state index is 0.990. The van der Waals surface area contributed by atoms with Crippen molar-refractivity contribution in [2.45, 2.75) is 6.42 Å². The van der Waals surface area contributed by atoms with Crippen LogP contribution in [0.3, 0.4) is 0 Å². The SMILES string of the molecule is c1cc(-c2cccc3c2Cc2ccccc2-3)cc(-c2ccc3ccc4c(-c5ccc6ccccc6c5)ccc5ccc2c3c54)c1. The molecule has 0 unspecified atom stereocenters. The zero-order valence-corrected chi connectivity index (χ0v) is 24.7. The fourth-order valence-corrected chi connectivity index (χ4v) is 7.94. The molecule has 1 aliphatic carbocycles. The number of fused-ring (bicyclic) bond motifs is 4. The fourth-order valence-electron chi connectivity index (χ4n) is 7.94. The van der Waals surface area contributed by atoms with Gasteiger partial charge in [-0.3, -0.25) is 0 Å². The Labute approximate surface area is 262 Å². The van der Waals surface area contributed by atoms with E-state index in [0.717, 1.165) is 6.42 Å². The van der Waals surface area contributed by atoms with E-state index < -0.39 is 0 Å². The predicted molar refractivity (Wildman–Crippen MR) is 192 cm³/mol. The zero-order chi connectivity index (χ0) is 29.5. The second kappa shape index (κ2) is 9.39. The molecule has 208 valence electrons. The van der Waals surface area contributed by atoms with Gasteiger partial charge in [-0.1, -0.05) is 146 Å². The van der Waals surface area contributed by atoms with Crippen LogP contribution in [0.25, 0.3) is 87.6 Å². The Balaban J connectivity index is 1.15. The van der Waals surface area contributed by atoms with Crippen molar-refractivity contribution in [1.29, 1.82) is 0 Å². The van der Waals surface area contributed by atoms with Crippen LogP contribution in [0.5, 0.6) is 0 Å². The molecule has 0 fully saturated rings. The summed E-state index contributed by atoms with van der Waals surface area (Å²) in [5.74, 6) is 0. The van der Waals surface area contributed by atoms with Gasteiger partial charge in [-0.05, 0) is 117 Å². The van der Waals surface area contributed by atoms with Gasteiger partial charge >= 0.3 is 0 Å². The molecule has 45 heavy (non-hydrogen) atoms. The van der Waals surface area contributed by atoms with Gasteiger partial charge in [0.05, 0.1) is 0 Å². The summed E-state index contributed by atoms with van der Waals surface area (Å²) in [7, 11) is 0. The molecule has 1 aliphatic rings. The molecule has 0 bridgehead atoms. The molecule has 0 amide bonds. The summed E-state index contributed by atoms with van der Waals surface area (Å²) in [6, 6.07) is 58.7. The van der Waals surface area contributed by atoms with Crippen LogP contribution in [0.4, 0.5) is 0 Å². The molecule has 0 N–H and O–H groups in total. The Hall–Kier alpha value is -5.72. The monoisotopic (exact) mass is 568 g/mol. The highest BCUT2D eigenvalue weighted by Gasteiger charge is 2.21. The van der Waals surface area contributed by atoms with Crippen molar-refractivity contribution in [2.75, 3.05) is 0 Å². The molecule has 9 aromatic rings. The normalized spacial score (nSPS) is 12.4. The number of rotatable bonds is 3. The second-order valence-corrected chi connectivity index (χ2v) is 12.5. The maximum absolute atomic E-state index is 2.39. The van der Waals surface area contributed by atoms with E-state index in [9.17, 15) is 0 Å². The van der Waals surface area contributed by atoms with Gasteiger partial charge in [0.15, 0.2) is 0 Å². The molecule has 0 aromatic heterocycles. The zero-order valence-electron chi connectivity index (χ0n) is 24.7. The summed E-state index contributed by atoms with van der Waals surface area (Å²) < 4.78 is 0. The Morgan fingerprint density at radius 1 is 0.311 bits per heavy atom. The Morgan fingerprint density at radius 2 is 0.867 bits per heavy atom. The number of hydrogen-bond donors (Lipinski definition) is 0. The fraction of sp³-hybridized carbons (Fsp3) is 0.0222. The van der Waals surface area contributed by atoms with Crippen LogP contribution in [0.15, 0.2) is 158 Å². The molecule has 0 aliphatic heterocycles. The van der Waals surface area contributed by atoms with Crippen LogP contribution in [0.1, 0.15) is 11.1 Å². The van der Waals surface area contributed by atoms with E-state index in [1.807, 2.05) is 0 Å². The summed E-state index contributed by atoms with van der Waals surface area (Å²) >= 11 is 0. The quantitative estimate of drug-likeness (QED) is 0.186. The lowest BCUT2D eigenvalue weighted by molar-refractivity contribution is 1.26. The first-order chi connectivity index (χ1) is 22.3. The molecule has 0 saturated carbocycles. The van der Waals surface area contributed by atoms with Crippen molar-refractivity contribution in [2.24, 2.45) is 0 Å². The summed E-state index contributed by atoms with van der Waals surface area (Å²) in [6.07, 6.45) is 0.990. The Kier molecular flexibility index (Phi) is 5.15. The standard InChI is InChI=1S/C45H28/c1-2-8-31-25-35(16-15-28(31)7-1)39-22-18-30-19-23-41-38(21-17-29-20-24-42(39)45(30)44(29)41)33-11-5-10-32(26-33)37-13-6-14-40-36-12-4-3-9-34(36)27-43(37)40/h1-26H,27H2. The first kappa shape index (κ1) is 24.7. The second-order valence-electron chi connectivity index (χ2n) is 12.5. The van der Waals surface area contributed by atoms with E-state index in [2.05, 4.69) is 158 Å². The maximum Gasteiger partial charge on any atom is -0.000729 e. The van der Waals surface area contributed by atoms with Gasteiger partial charge in [-0.15, -0.1) is 0 Å². The van der Waals surface area contributed by atoms with Gasteiger partial charge in [0, 0.05) is 0 Å². The van der Waals surface area contributed by atoms with Crippen LogP contribution >= 0.6 is 0 Å². The lowest BCUT2D eigenvalue weighted by atomic mass is 9.86. The van der Waals surface area contributed by atoms with Gasteiger partial charge in [0.1, 0.15) is 0 Å². The van der Waals surface area contributed by atoms with Gasteiger partial charge < -0.3 is 0 Å². The molecule has 10 rings (SSSR count). The highest BCUT2D eigenvalue weighted by atomic mass is 14.2. The third-order valence-corrected chi connectivity index (χ3v) is 10.1. The minimum Gasteiger partial charge on any atom is -0.0619 e. The molecule has 0 nitrogen and oxygen atoms in total. The topological polar surface area (TPSA) is 0 Å². The first-order valence-corrected chi connectivity index (χ1v) is 15.8. The molecule has 0 spiro atoms. The van der Waals surface area contributed by atoms with E-state index in [1.165, 1.54) is 98.7 Å². The van der Waals surface area contributed by atoms with Crippen molar-refractivity contribution in [3.8, 4) is 44.5 Å². The molecular weight excluding hydrogens is 540 g/mol. The summed E-state index contributed by atoms with van der Waals surface area (Å²) in [4.78, 5) is 0. The van der Waals surface area contributed by atoms with Crippen LogP contribution in [0.2, 0.25) is 0 Å². The maximum atomic E-state index is 2.39. The van der Waals surface area contributed by atoms with Gasteiger partial charge in [0.25, 0.3) is 0 Å². The molecule has 0 heterocycles. The van der Waals surface area contributed by atoms with Crippen molar-refractivity contribution in [3.05, 3.63) is 169 Å². The lowest BCUT2D eigenvalue weighted by Crippen LogP contribution is -1.91. The number of benzene rings is 9. The van der Waals surface area contributed by atoms with Crippen LogP contribution in [0, 0.1) is 0 Å². The van der Waals surface area contributed by atoms with E-state index in [1.54, 1.807) is 0 Å².